The molecule has 0 spiro atoms. The fraction of sp³-hybridized carbons (Fsp3) is 0.0588. The molecule has 0 unspecified atom stereocenters. The van der Waals surface area contributed by atoms with Crippen LogP contribution in [-0.2, 0) is 0 Å². The number of amidine groups is 4. The van der Waals surface area contributed by atoms with Crippen molar-refractivity contribution in [1.82, 2.24) is 0 Å². The average molecular weight is 568 g/mol. The van der Waals surface area contributed by atoms with E-state index in [1.54, 1.807) is 0 Å². The third kappa shape index (κ3) is 4.90. The first-order chi connectivity index (χ1) is 21.4. The van der Waals surface area contributed by atoms with Crippen molar-refractivity contribution in [3.63, 3.8) is 0 Å². The van der Waals surface area contributed by atoms with Gasteiger partial charge in [0.2, 0.25) is 14.6 Å². The molecule has 2 radical (unpaired) electrons. The molecule has 10 heteroatoms. The van der Waals surface area contributed by atoms with Crippen LogP contribution in [0.4, 0.5) is 11.4 Å². The van der Waals surface area contributed by atoms with Crippen LogP contribution in [0.15, 0.2) is 121 Å². The summed E-state index contributed by atoms with van der Waals surface area (Å²) >= 11 is 0. The summed E-state index contributed by atoms with van der Waals surface area (Å²) in [5.74, 6) is 1.64. The van der Waals surface area contributed by atoms with Crippen LogP contribution >= 0.6 is 0 Å². The van der Waals surface area contributed by atoms with Crippen LogP contribution < -0.4 is 22.4 Å². The van der Waals surface area contributed by atoms with Gasteiger partial charge in [0.1, 0.15) is 17.4 Å². The highest BCUT2D eigenvalue weighted by Gasteiger charge is 2.26. The first-order valence-corrected chi connectivity index (χ1v) is 14.1. The van der Waals surface area contributed by atoms with Gasteiger partial charge in [-0.15, -0.1) is 0 Å². The Hall–Kier alpha value is -5.63. The molecule has 8 nitrogen and oxygen atoms in total. The van der Waals surface area contributed by atoms with Crippen molar-refractivity contribution in [3.8, 4) is 0 Å². The first-order valence-electron chi connectivity index (χ1n) is 14.1. The van der Waals surface area contributed by atoms with Gasteiger partial charge >= 0.3 is 0 Å². The van der Waals surface area contributed by atoms with Gasteiger partial charge in [-0.1, -0.05) is 94.8 Å². The molecular formula is C34H26B2N8. The molecule has 0 aliphatic carbocycles. The number of hydrogen-bond donors (Lipinski definition) is 2. The van der Waals surface area contributed by atoms with Crippen LogP contribution in [0, 0.1) is 13.8 Å². The number of aryl methyl sites for hydroxylation is 2. The van der Waals surface area contributed by atoms with Crippen LogP contribution in [-0.4, -0.2) is 50.1 Å². The van der Waals surface area contributed by atoms with E-state index < -0.39 is 0 Å². The van der Waals surface area contributed by atoms with Gasteiger partial charge in [-0.2, -0.15) is 0 Å². The van der Waals surface area contributed by atoms with Crippen LogP contribution in [0.1, 0.15) is 33.4 Å². The largest absolute Gasteiger partial charge is 0.383 e. The van der Waals surface area contributed by atoms with Crippen LogP contribution in [0.25, 0.3) is 5.70 Å². The maximum atomic E-state index is 6.04. The fourth-order valence-corrected chi connectivity index (χ4v) is 5.51. The van der Waals surface area contributed by atoms with Crippen molar-refractivity contribution in [1.29, 1.82) is 0 Å². The highest BCUT2D eigenvalue weighted by molar-refractivity contribution is 6.91. The average Bonchev–Trinajstić information content (AvgIpc) is 3.78. The van der Waals surface area contributed by atoms with Crippen molar-refractivity contribution in [3.05, 3.63) is 124 Å². The second-order valence-corrected chi connectivity index (χ2v) is 10.8. The molecule has 0 bridgehead atoms. The smallest absolute Gasteiger partial charge is 0.246 e. The Labute approximate surface area is 257 Å². The highest BCUT2D eigenvalue weighted by atomic mass is 15.0. The Morgan fingerprint density at radius 3 is 1.91 bits per heavy atom. The van der Waals surface area contributed by atoms with E-state index in [4.69, 9.17) is 11.5 Å². The van der Waals surface area contributed by atoms with Crippen LogP contribution in [0.3, 0.4) is 0 Å². The van der Waals surface area contributed by atoms with Gasteiger partial charge < -0.3 is 11.5 Å². The Morgan fingerprint density at radius 2 is 1.23 bits per heavy atom. The van der Waals surface area contributed by atoms with Gasteiger partial charge in [0.05, 0.1) is 22.8 Å². The summed E-state index contributed by atoms with van der Waals surface area (Å²) in [6, 6.07) is 28.0. The van der Waals surface area contributed by atoms with Gasteiger partial charge in [-0.05, 0) is 32.7 Å². The second kappa shape index (κ2) is 10.9. The maximum absolute atomic E-state index is 6.04. The number of nitrogens with two attached hydrogens (primary N) is 2. The third-order valence-electron chi connectivity index (χ3n) is 7.62. The summed E-state index contributed by atoms with van der Waals surface area (Å²) in [4.78, 5) is 26.8. The molecule has 8 rings (SSSR count). The van der Waals surface area contributed by atoms with Crippen LogP contribution in [0.5, 0.6) is 0 Å². The Bertz CT molecular complexity index is 2080. The molecule has 0 aromatic heterocycles. The van der Waals surface area contributed by atoms with Gasteiger partial charge in [0, 0.05) is 27.9 Å². The van der Waals surface area contributed by atoms with E-state index in [1.165, 1.54) is 11.1 Å². The fourth-order valence-electron chi connectivity index (χ4n) is 5.51. The normalized spacial score (nSPS) is 17.0. The lowest BCUT2D eigenvalue weighted by Crippen LogP contribution is -2.20. The molecule has 4 heterocycles. The molecule has 0 saturated heterocycles. The van der Waals surface area contributed by atoms with Gasteiger partial charge in [-0.25, -0.2) is 20.0 Å². The second-order valence-electron chi connectivity index (χ2n) is 10.8. The lowest BCUT2D eigenvalue weighted by molar-refractivity contribution is 1.42. The SMILES string of the molecule is C=N/C(C1=Nc2ccc(C)cc2[B]1)=C1/N=C(N)c2ccccc21.Cc1ccc2c(c1)[B]C(N=C1N=C(N)c3ccccc31)=N2. The van der Waals surface area contributed by atoms with E-state index in [0.29, 0.717) is 28.9 Å². The number of benzene rings is 4. The van der Waals surface area contributed by atoms with Crippen molar-refractivity contribution >= 4 is 78.1 Å². The molecule has 0 amide bonds. The zero-order valence-corrected chi connectivity index (χ0v) is 24.3. The van der Waals surface area contributed by atoms with Crippen LogP contribution in [0.2, 0.25) is 0 Å². The monoisotopic (exact) mass is 568 g/mol. The summed E-state index contributed by atoms with van der Waals surface area (Å²) in [5, 5.41) is 0. The maximum Gasteiger partial charge on any atom is 0.246 e. The number of rotatable bonds is 2. The Morgan fingerprint density at radius 1 is 0.659 bits per heavy atom. The van der Waals surface area contributed by atoms with E-state index in [-0.39, 0.29) is 0 Å². The molecule has 44 heavy (non-hydrogen) atoms. The Kier molecular flexibility index (Phi) is 6.74. The molecule has 0 saturated carbocycles. The number of fused-ring (bicyclic) bond motifs is 4. The van der Waals surface area contributed by atoms with Crippen molar-refractivity contribution in [2.24, 2.45) is 41.4 Å². The summed E-state index contributed by atoms with van der Waals surface area (Å²) in [6.07, 6.45) is 0. The quantitative estimate of drug-likeness (QED) is 0.283. The van der Waals surface area contributed by atoms with E-state index in [2.05, 4.69) is 62.7 Å². The molecule has 4 aliphatic heterocycles. The third-order valence-corrected chi connectivity index (χ3v) is 7.62. The summed E-state index contributed by atoms with van der Waals surface area (Å²) < 4.78 is 0. The van der Waals surface area contributed by atoms with Gasteiger partial charge in [0.15, 0.2) is 5.84 Å². The van der Waals surface area contributed by atoms with E-state index in [1.807, 2.05) is 87.4 Å². The van der Waals surface area contributed by atoms with Crippen molar-refractivity contribution in [2.75, 3.05) is 0 Å². The molecule has 0 fully saturated rings. The summed E-state index contributed by atoms with van der Waals surface area (Å²) in [5.41, 5.74) is 25.1. The standard InChI is InChI=1S/C18H14BN4.C16H12BN4/c1-10-7-8-14-13(9-10)19-17(22-14)16(21-2)15-11-5-3-4-6-12(11)18(20)23-15;1-9-6-7-13-12(8-9)17-16(19-13)21-15-11-5-3-2-4-10(11)14(18)20-15/h3-9H,2H2,1H3,(H2,20,23);2-8H,1H3,(H2,18,19,20,21)/b16-15+;. The summed E-state index contributed by atoms with van der Waals surface area (Å²) in [7, 11) is 3.99. The number of aliphatic imine (C=N–C) groups is 6. The Balaban J connectivity index is 0.000000143. The van der Waals surface area contributed by atoms with E-state index in [9.17, 15) is 0 Å². The summed E-state index contributed by atoms with van der Waals surface area (Å²) in [6.45, 7) is 7.84. The van der Waals surface area contributed by atoms with E-state index in [0.717, 1.165) is 55.9 Å². The molecule has 4 aromatic carbocycles. The van der Waals surface area contributed by atoms with Gasteiger partial charge in [-0.3, -0.25) is 9.98 Å². The van der Waals surface area contributed by atoms with Crippen molar-refractivity contribution < 1.29 is 0 Å². The number of nitrogens with zero attached hydrogens (tertiary/aromatic N) is 6. The number of hydrogen-bond acceptors (Lipinski definition) is 7. The van der Waals surface area contributed by atoms with E-state index >= 15 is 0 Å². The molecule has 0 atom stereocenters. The lowest BCUT2D eigenvalue weighted by atomic mass is 9.65. The lowest BCUT2D eigenvalue weighted by Gasteiger charge is -2.05. The van der Waals surface area contributed by atoms with Gasteiger partial charge in [0.25, 0.3) is 0 Å². The first kappa shape index (κ1) is 27.2. The highest BCUT2D eigenvalue weighted by Crippen LogP contribution is 2.32. The topological polar surface area (TPSA) is 126 Å². The molecule has 4 aliphatic rings. The zero-order valence-electron chi connectivity index (χ0n) is 24.3. The molecule has 208 valence electrons. The molecule has 4 aromatic rings. The minimum absolute atomic E-state index is 0.503. The molecule has 4 N–H and O–H groups in total. The molecular weight excluding hydrogens is 542 g/mol. The van der Waals surface area contributed by atoms with Crippen molar-refractivity contribution in [2.45, 2.75) is 13.8 Å². The minimum atomic E-state index is 0.503. The number of allylic oxidation sites excluding steroid dienone is 1. The zero-order chi connectivity index (χ0) is 30.4. The minimum Gasteiger partial charge on any atom is -0.383 e. The predicted octanol–water partition coefficient (Wildman–Crippen LogP) is 3.65. The predicted molar refractivity (Wildman–Crippen MR) is 185 cm³/mol.